The van der Waals surface area contributed by atoms with E-state index in [0.29, 0.717) is 5.92 Å². The fourth-order valence-corrected chi connectivity index (χ4v) is 6.83. The fraction of sp³-hybridized carbons (Fsp3) is 0.551. The van der Waals surface area contributed by atoms with Crippen molar-refractivity contribution < 1.29 is 0 Å². The van der Waals surface area contributed by atoms with Crippen LogP contribution in [0, 0.1) is 24.2 Å². The Balaban J connectivity index is 0.000000342. The Morgan fingerprint density at radius 2 is 1.47 bits per heavy atom. The van der Waals surface area contributed by atoms with Crippen molar-refractivity contribution in [3.63, 3.8) is 0 Å². The third-order valence-electron chi connectivity index (χ3n) is 11.0. The molecule has 2 unspecified atom stereocenters. The first-order chi connectivity index (χ1) is 24.3. The normalized spacial score (nSPS) is 16.6. The lowest BCUT2D eigenvalue weighted by Crippen LogP contribution is -2.32. The van der Waals surface area contributed by atoms with Crippen LogP contribution in [0.25, 0.3) is 0 Å². The molecule has 1 spiro atoms. The average Bonchev–Trinajstić information content (AvgIpc) is 3.57. The first-order valence-corrected chi connectivity index (χ1v) is 20.2. The highest BCUT2D eigenvalue weighted by molar-refractivity contribution is 5.25. The minimum Gasteiger partial charge on any atom is -0.343 e. The summed E-state index contributed by atoms with van der Waals surface area (Å²) < 4.78 is 2.18. The van der Waals surface area contributed by atoms with E-state index in [9.17, 15) is 0 Å². The molecule has 2 aliphatic rings. The zero-order chi connectivity index (χ0) is 38.3. The van der Waals surface area contributed by atoms with E-state index in [1.54, 1.807) is 25.7 Å². The van der Waals surface area contributed by atoms with Gasteiger partial charge in [-0.15, -0.1) is 6.58 Å². The largest absolute Gasteiger partial charge is 0.343 e. The topological polar surface area (TPSA) is 30.9 Å². The first-order valence-electron chi connectivity index (χ1n) is 20.2. The molecule has 2 aromatic carbocycles. The molecule has 1 heterocycles. The van der Waals surface area contributed by atoms with Gasteiger partial charge in [-0.05, 0) is 126 Å². The van der Waals surface area contributed by atoms with E-state index in [1.807, 2.05) is 59.8 Å². The van der Waals surface area contributed by atoms with Crippen LogP contribution in [0.15, 0.2) is 116 Å². The standard InChI is InChI=1S/C14H15N.C14H20.C12H22.C7H15N.C2H6/c1-3-14(13-7-5-4-6-8-13)15-10-9-12(2)11-15;1-12(2)13(3)8-7-11-14-9-5-4-6-10-14;1-11-5-9-12(10-6-11)7-3-2-4-8-12;1-5-6(2)7(3,4)8;1-2/h3-11,14H,1H2,2H3;4-6,9-10,13H,1,7-8,11H2,2-3H3;11H,2-10H2,1H3;5H,8H2,1-4H3;1-2H3/b;;;6-5-;. The number of hydrogen-bond acceptors (Lipinski definition) is 1. The van der Waals surface area contributed by atoms with Gasteiger partial charge in [-0.25, -0.2) is 0 Å². The van der Waals surface area contributed by atoms with Gasteiger partial charge in [0.05, 0.1) is 6.04 Å². The summed E-state index contributed by atoms with van der Waals surface area (Å²) in [7, 11) is 0. The quantitative estimate of drug-likeness (QED) is 0.222. The molecule has 2 N–H and O–H groups in total. The Bertz CT molecular complexity index is 1340. The van der Waals surface area contributed by atoms with Crippen LogP contribution in [0.3, 0.4) is 0 Å². The third kappa shape index (κ3) is 18.3. The van der Waals surface area contributed by atoms with Gasteiger partial charge in [-0.3, -0.25) is 0 Å². The van der Waals surface area contributed by atoms with E-state index >= 15 is 0 Å². The van der Waals surface area contributed by atoms with Crippen molar-refractivity contribution in [1.82, 2.24) is 4.57 Å². The van der Waals surface area contributed by atoms with Crippen molar-refractivity contribution in [3.05, 3.63) is 132 Å². The molecule has 0 saturated heterocycles. The van der Waals surface area contributed by atoms with Crippen LogP contribution in [0.2, 0.25) is 0 Å². The Morgan fingerprint density at radius 1 is 0.922 bits per heavy atom. The molecule has 2 heteroatoms. The van der Waals surface area contributed by atoms with E-state index in [0.717, 1.165) is 11.3 Å². The molecule has 1 aromatic heterocycles. The Morgan fingerprint density at radius 3 is 1.90 bits per heavy atom. The van der Waals surface area contributed by atoms with Gasteiger partial charge in [0.1, 0.15) is 0 Å². The second-order valence-corrected chi connectivity index (χ2v) is 15.8. The van der Waals surface area contributed by atoms with Gasteiger partial charge in [0.25, 0.3) is 0 Å². The van der Waals surface area contributed by atoms with Gasteiger partial charge in [0, 0.05) is 17.9 Å². The summed E-state index contributed by atoms with van der Waals surface area (Å²) in [6, 6.07) is 23.4. The van der Waals surface area contributed by atoms with E-state index < -0.39 is 0 Å². The lowest BCUT2D eigenvalue weighted by molar-refractivity contribution is 0.102. The molecule has 5 rings (SSSR count). The smallest absolute Gasteiger partial charge is 0.0761 e. The van der Waals surface area contributed by atoms with E-state index in [-0.39, 0.29) is 11.6 Å². The Hall–Kier alpha value is -3.10. The minimum atomic E-state index is -0.130. The molecule has 2 saturated carbocycles. The highest BCUT2D eigenvalue weighted by atomic mass is 15.0. The number of allylic oxidation sites excluding steroid dienone is 3. The number of nitrogens with two attached hydrogens (primary N) is 1. The molecule has 2 nitrogen and oxygen atoms in total. The summed E-state index contributed by atoms with van der Waals surface area (Å²) in [6.07, 6.45) is 25.7. The van der Waals surface area contributed by atoms with Crippen molar-refractivity contribution in [3.8, 4) is 0 Å². The maximum atomic E-state index is 5.72. The van der Waals surface area contributed by atoms with Crippen LogP contribution in [0.1, 0.15) is 156 Å². The fourth-order valence-electron chi connectivity index (χ4n) is 6.83. The van der Waals surface area contributed by atoms with E-state index in [4.69, 9.17) is 5.73 Å². The summed E-state index contributed by atoms with van der Waals surface area (Å²) >= 11 is 0. The molecule has 0 aliphatic heterocycles. The number of hydrogen-bond donors (Lipinski definition) is 1. The Kier molecular flexibility index (Phi) is 22.5. The van der Waals surface area contributed by atoms with Crippen LogP contribution >= 0.6 is 0 Å². The predicted octanol–water partition coefficient (Wildman–Crippen LogP) is 14.7. The minimum absolute atomic E-state index is 0.130. The number of aromatic nitrogens is 1. The van der Waals surface area contributed by atoms with Crippen LogP contribution in [0.4, 0.5) is 0 Å². The maximum absolute atomic E-state index is 5.72. The summed E-state index contributed by atoms with van der Waals surface area (Å²) in [5.41, 5.74) is 13.0. The van der Waals surface area contributed by atoms with Crippen molar-refractivity contribution in [2.75, 3.05) is 0 Å². The molecule has 0 radical (unpaired) electrons. The van der Waals surface area contributed by atoms with Gasteiger partial charge < -0.3 is 10.3 Å². The molecular weight excluding hydrogens is 617 g/mol. The molecule has 3 aromatic rings. The van der Waals surface area contributed by atoms with Gasteiger partial charge in [0.15, 0.2) is 0 Å². The predicted molar refractivity (Wildman–Crippen MR) is 230 cm³/mol. The first kappa shape index (κ1) is 45.9. The number of nitrogens with zero attached hydrogens (tertiary/aromatic N) is 1. The number of rotatable bonds is 9. The van der Waals surface area contributed by atoms with E-state index in [1.165, 1.54) is 79.2 Å². The molecule has 284 valence electrons. The van der Waals surface area contributed by atoms with E-state index in [2.05, 4.69) is 118 Å². The van der Waals surface area contributed by atoms with Gasteiger partial charge in [-0.2, -0.15) is 0 Å². The summed E-state index contributed by atoms with van der Waals surface area (Å²) in [5, 5.41) is 0. The lowest BCUT2D eigenvalue weighted by atomic mass is 9.63. The SMILES string of the molecule is C/C=C(/C)C(C)(C)N.C=C(C)C(C)CCCc1ccccc1.C=CC(c1ccccc1)n1ccc(C)c1.CC.CC1CCC2(CCCCC2)CC1. The van der Waals surface area contributed by atoms with Crippen molar-refractivity contribution >= 4 is 0 Å². The second-order valence-electron chi connectivity index (χ2n) is 15.8. The molecule has 2 atom stereocenters. The molecule has 51 heavy (non-hydrogen) atoms. The Labute approximate surface area is 316 Å². The summed E-state index contributed by atoms with van der Waals surface area (Å²) in [6.45, 7) is 28.8. The van der Waals surface area contributed by atoms with Gasteiger partial charge >= 0.3 is 0 Å². The molecule has 0 bridgehead atoms. The summed E-state index contributed by atoms with van der Waals surface area (Å²) in [4.78, 5) is 0. The molecule has 2 fully saturated rings. The van der Waals surface area contributed by atoms with Gasteiger partial charge in [0.2, 0.25) is 0 Å². The lowest BCUT2D eigenvalue weighted by Gasteiger charge is -2.42. The molecular formula is C49H78N2. The summed E-state index contributed by atoms with van der Waals surface area (Å²) in [5.74, 6) is 1.69. The average molecular weight is 695 g/mol. The third-order valence-corrected chi connectivity index (χ3v) is 11.0. The highest BCUT2D eigenvalue weighted by Gasteiger charge is 2.34. The number of aryl methyl sites for hydroxylation is 2. The number of benzene rings is 2. The zero-order valence-corrected chi connectivity index (χ0v) is 34.8. The monoisotopic (exact) mass is 695 g/mol. The van der Waals surface area contributed by atoms with Crippen LogP contribution in [-0.2, 0) is 6.42 Å². The zero-order valence-electron chi connectivity index (χ0n) is 34.8. The highest BCUT2D eigenvalue weighted by Crippen LogP contribution is 2.48. The maximum Gasteiger partial charge on any atom is 0.0761 e. The van der Waals surface area contributed by atoms with Crippen molar-refractivity contribution in [2.24, 2.45) is 23.0 Å². The molecule has 0 amide bonds. The van der Waals surface area contributed by atoms with Crippen LogP contribution in [-0.4, -0.2) is 10.1 Å². The van der Waals surface area contributed by atoms with Crippen molar-refractivity contribution in [1.29, 1.82) is 0 Å². The van der Waals surface area contributed by atoms with Gasteiger partial charge in [-0.1, -0.05) is 150 Å². The van der Waals surface area contributed by atoms with Crippen LogP contribution < -0.4 is 5.73 Å². The van der Waals surface area contributed by atoms with Crippen molar-refractivity contribution in [2.45, 2.75) is 158 Å². The van der Waals surface area contributed by atoms with Crippen LogP contribution in [0.5, 0.6) is 0 Å². The second kappa shape index (κ2) is 25.0. The molecule has 2 aliphatic carbocycles.